The minimum Gasteiger partial charge on any atom is -0.352 e. The van der Waals surface area contributed by atoms with Crippen LogP contribution in [0.1, 0.15) is 45.6 Å². The summed E-state index contributed by atoms with van der Waals surface area (Å²) in [4.78, 5) is 23.8. The van der Waals surface area contributed by atoms with Crippen LogP contribution in [0.15, 0.2) is 24.3 Å². The Morgan fingerprint density at radius 2 is 1.76 bits per heavy atom. The Labute approximate surface area is 151 Å². The van der Waals surface area contributed by atoms with E-state index in [1.54, 1.807) is 0 Å². The lowest BCUT2D eigenvalue weighted by atomic mass is 9.84. The highest BCUT2D eigenvalue weighted by molar-refractivity contribution is 5.92. The molecule has 0 spiro atoms. The number of hydrogen-bond donors (Lipinski definition) is 3. The third-order valence-corrected chi connectivity index (χ3v) is 4.93. The molecule has 1 aliphatic heterocycles. The molecular formula is C20H31N3O2. The largest absolute Gasteiger partial charge is 0.352 e. The van der Waals surface area contributed by atoms with Gasteiger partial charge in [-0.3, -0.25) is 9.59 Å². The van der Waals surface area contributed by atoms with E-state index in [1.165, 1.54) is 0 Å². The summed E-state index contributed by atoms with van der Waals surface area (Å²) in [6, 6.07) is 7.62. The van der Waals surface area contributed by atoms with Crippen LogP contribution >= 0.6 is 0 Å². The molecule has 1 saturated heterocycles. The Hall–Kier alpha value is -1.88. The Morgan fingerprint density at radius 1 is 1.12 bits per heavy atom. The normalized spacial score (nSPS) is 16.5. The van der Waals surface area contributed by atoms with Gasteiger partial charge in [-0.15, -0.1) is 0 Å². The minimum atomic E-state index is -0.0408. The molecule has 0 aromatic heterocycles. The average molecular weight is 345 g/mol. The van der Waals surface area contributed by atoms with Gasteiger partial charge in [0.25, 0.3) is 0 Å². The van der Waals surface area contributed by atoms with Gasteiger partial charge in [-0.1, -0.05) is 32.9 Å². The average Bonchev–Trinajstić information content (AvgIpc) is 2.61. The number of benzene rings is 1. The molecule has 2 amide bonds. The standard InChI is InChI=1S/C20H31N3O2/c1-14(2)20(25)23-18-6-4-16(5-7-18)13-22-19(24)12-15(3)17-8-10-21-11-9-17/h4-7,14-15,17,21H,8-13H2,1-3H3,(H,22,24)(H,23,25). The van der Waals surface area contributed by atoms with Crippen LogP contribution in [0.2, 0.25) is 0 Å². The van der Waals surface area contributed by atoms with Gasteiger partial charge < -0.3 is 16.0 Å². The molecular weight excluding hydrogens is 314 g/mol. The molecule has 0 bridgehead atoms. The van der Waals surface area contributed by atoms with Crippen molar-refractivity contribution in [2.45, 2.75) is 46.6 Å². The molecule has 1 unspecified atom stereocenters. The molecule has 1 atom stereocenters. The SMILES string of the molecule is CC(C)C(=O)Nc1ccc(CNC(=O)CC(C)C2CCNCC2)cc1. The zero-order chi connectivity index (χ0) is 18.2. The van der Waals surface area contributed by atoms with E-state index in [0.29, 0.717) is 24.8 Å². The number of piperidine rings is 1. The van der Waals surface area contributed by atoms with Gasteiger partial charge >= 0.3 is 0 Å². The first-order chi connectivity index (χ1) is 12.0. The van der Waals surface area contributed by atoms with E-state index in [1.807, 2.05) is 38.1 Å². The molecule has 1 aromatic rings. The molecule has 5 heteroatoms. The first-order valence-electron chi connectivity index (χ1n) is 9.33. The number of amides is 2. The summed E-state index contributed by atoms with van der Waals surface area (Å²) in [5.41, 5.74) is 1.82. The second-order valence-corrected chi connectivity index (χ2v) is 7.39. The molecule has 5 nitrogen and oxygen atoms in total. The maximum absolute atomic E-state index is 12.2. The van der Waals surface area contributed by atoms with Crippen LogP contribution in [0.4, 0.5) is 5.69 Å². The molecule has 138 valence electrons. The first kappa shape index (κ1) is 19.4. The number of nitrogens with one attached hydrogen (secondary N) is 3. The van der Waals surface area contributed by atoms with E-state index in [0.717, 1.165) is 37.2 Å². The van der Waals surface area contributed by atoms with Gasteiger partial charge in [-0.2, -0.15) is 0 Å². The summed E-state index contributed by atoms with van der Waals surface area (Å²) in [5.74, 6) is 1.16. The van der Waals surface area contributed by atoms with E-state index in [-0.39, 0.29) is 17.7 Å². The van der Waals surface area contributed by atoms with Crippen LogP contribution in [0.3, 0.4) is 0 Å². The van der Waals surface area contributed by atoms with Crippen molar-refractivity contribution in [2.75, 3.05) is 18.4 Å². The maximum Gasteiger partial charge on any atom is 0.226 e. The summed E-state index contributed by atoms with van der Waals surface area (Å²) < 4.78 is 0. The number of anilines is 1. The Morgan fingerprint density at radius 3 is 2.36 bits per heavy atom. The highest BCUT2D eigenvalue weighted by Crippen LogP contribution is 2.24. The van der Waals surface area contributed by atoms with Crippen molar-refractivity contribution in [3.8, 4) is 0 Å². The summed E-state index contributed by atoms with van der Waals surface area (Å²) in [7, 11) is 0. The summed E-state index contributed by atoms with van der Waals surface area (Å²) >= 11 is 0. The lowest BCUT2D eigenvalue weighted by Gasteiger charge is -2.27. The lowest BCUT2D eigenvalue weighted by Crippen LogP contribution is -2.33. The number of rotatable bonds is 7. The second-order valence-electron chi connectivity index (χ2n) is 7.39. The van der Waals surface area contributed by atoms with Crippen LogP contribution in [0.5, 0.6) is 0 Å². The van der Waals surface area contributed by atoms with E-state index in [2.05, 4.69) is 22.9 Å². The van der Waals surface area contributed by atoms with Crippen molar-refractivity contribution in [1.29, 1.82) is 0 Å². The van der Waals surface area contributed by atoms with Crippen molar-refractivity contribution in [1.82, 2.24) is 10.6 Å². The quantitative estimate of drug-likeness (QED) is 0.711. The molecule has 1 aromatic carbocycles. The molecule has 1 fully saturated rings. The molecule has 3 N–H and O–H groups in total. The summed E-state index contributed by atoms with van der Waals surface area (Å²) in [6.45, 7) is 8.57. The fourth-order valence-corrected chi connectivity index (χ4v) is 3.14. The van der Waals surface area contributed by atoms with Crippen LogP contribution in [0, 0.1) is 17.8 Å². The van der Waals surface area contributed by atoms with Crippen molar-refractivity contribution in [3.05, 3.63) is 29.8 Å². The molecule has 0 radical (unpaired) electrons. The molecule has 0 saturated carbocycles. The number of hydrogen-bond acceptors (Lipinski definition) is 3. The number of carbonyl (C=O) groups is 2. The third-order valence-electron chi connectivity index (χ3n) is 4.93. The molecule has 2 rings (SSSR count). The first-order valence-corrected chi connectivity index (χ1v) is 9.33. The van der Waals surface area contributed by atoms with Crippen LogP contribution in [-0.4, -0.2) is 24.9 Å². The second kappa shape index (κ2) is 9.56. The zero-order valence-electron chi connectivity index (χ0n) is 15.6. The third kappa shape index (κ3) is 6.50. The van der Waals surface area contributed by atoms with Crippen molar-refractivity contribution < 1.29 is 9.59 Å². The van der Waals surface area contributed by atoms with E-state index in [9.17, 15) is 9.59 Å². The smallest absolute Gasteiger partial charge is 0.226 e. The maximum atomic E-state index is 12.2. The predicted octanol–water partition coefficient (Wildman–Crippen LogP) is 2.92. The lowest BCUT2D eigenvalue weighted by molar-refractivity contribution is -0.122. The van der Waals surface area contributed by atoms with Gasteiger partial charge in [0, 0.05) is 24.6 Å². The summed E-state index contributed by atoms with van der Waals surface area (Å²) in [5, 5.41) is 9.24. The van der Waals surface area contributed by atoms with E-state index in [4.69, 9.17) is 0 Å². The van der Waals surface area contributed by atoms with Gasteiger partial charge in [0.15, 0.2) is 0 Å². The Balaban J connectivity index is 1.74. The monoisotopic (exact) mass is 345 g/mol. The summed E-state index contributed by atoms with van der Waals surface area (Å²) in [6.07, 6.45) is 2.92. The zero-order valence-corrected chi connectivity index (χ0v) is 15.6. The van der Waals surface area contributed by atoms with Gasteiger partial charge in [0.2, 0.25) is 11.8 Å². The Kier molecular flexibility index (Phi) is 7.44. The molecule has 0 aliphatic carbocycles. The van der Waals surface area contributed by atoms with Gasteiger partial charge in [-0.25, -0.2) is 0 Å². The van der Waals surface area contributed by atoms with Crippen LogP contribution in [0.25, 0.3) is 0 Å². The Bertz CT molecular complexity index is 563. The fraction of sp³-hybridized carbons (Fsp3) is 0.600. The minimum absolute atomic E-state index is 0.00736. The van der Waals surface area contributed by atoms with E-state index >= 15 is 0 Å². The molecule has 25 heavy (non-hydrogen) atoms. The van der Waals surface area contributed by atoms with Gasteiger partial charge in [0.1, 0.15) is 0 Å². The number of carbonyl (C=O) groups excluding carboxylic acids is 2. The van der Waals surface area contributed by atoms with E-state index < -0.39 is 0 Å². The van der Waals surface area contributed by atoms with Gasteiger partial charge in [0.05, 0.1) is 0 Å². The van der Waals surface area contributed by atoms with Gasteiger partial charge in [-0.05, 0) is 55.5 Å². The fourth-order valence-electron chi connectivity index (χ4n) is 3.14. The molecule has 1 heterocycles. The van der Waals surface area contributed by atoms with Crippen molar-refractivity contribution >= 4 is 17.5 Å². The highest BCUT2D eigenvalue weighted by Gasteiger charge is 2.21. The highest BCUT2D eigenvalue weighted by atomic mass is 16.2. The van der Waals surface area contributed by atoms with Crippen LogP contribution in [-0.2, 0) is 16.1 Å². The predicted molar refractivity (Wildman–Crippen MR) is 101 cm³/mol. The molecule has 1 aliphatic rings. The van der Waals surface area contributed by atoms with Crippen LogP contribution < -0.4 is 16.0 Å². The topological polar surface area (TPSA) is 70.2 Å². The van der Waals surface area contributed by atoms with Crippen molar-refractivity contribution in [3.63, 3.8) is 0 Å². The van der Waals surface area contributed by atoms with Crippen molar-refractivity contribution in [2.24, 2.45) is 17.8 Å².